The molecule has 212 valence electrons. The number of halogens is 2. The predicted octanol–water partition coefficient (Wildman–Crippen LogP) is 4.73. The van der Waals surface area contributed by atoms with Crippen LogP contribution in [0.1, 0.15) is 26.2 Å². The Morgan fingerprint density at radius 3 is 2.35 bits per heavy atom. The Morgan fingerprint density at radius 1 is 1.05 bits per heavy atom. The molecule has 5 rings (SSSR count). The van der Waals surface area contributed by atoms with Crippen molar-refractivity contribution in [3.8, 4) is 17.2 Å². The summed E-state index contributed by atoms with van der Waals surface area (Å²) in [5, 5.41) is 11.5. The molecule has 0 unspecified atom stereocenters. The number of esters is 1. The number of hydrogen-bond acceptors (Lipinski definition) is 8. The zero-order valence-corrected chi connectivity index (χ0v) is 22.3. The first-order valence-corrected chi connectivity index (χ1v) is 14.3. The van der Waals surface area contributed by atoms with Gasteiger partial charge in [-0.25, -0.2) is 17.9 Å². The molecule has 0 bridgehead atoms. The number of nitrogens with one attached hydrogen (secondary N) is 1. The molecule has 3 atom stereocenters. The van der Waals surface area contributed by atoms with Crippen LogP contribution in [0.3, 0.4) is 0 Å². The molecule has 0 spiro atoms. The van der Waals surface area contributed by atoms with E-state index < -0.39 is 46.0 Å². The highest BCUT2D eigenvalue weighted by Crippen LogP contribution is 2.49. The molecule has 0 amide bonds. The first kappa shape index (κ1) is 27.8. The Bertz CT molecular complexity index is 1460. The number of aliphatic hydroxyl groups is 1. The highest BCUT2D eigenvalue weighted by molar-refractivity contribution is 7.89. The van der Waals surface area contributed by atoms with Crippen LogP contribution in [-0.4, -0.2) is 50.4 Å². The number of sulfonamides is 1. The summed E-state index contributed by atoms with van der Waals surface area (Å²) in [7, 11) is -4.27. The topological polar surface area (TPSA) is 114 Å². The van der Waals surface area contributed by atoms with Gasteiger partial charge in [0.25, 0.3) is 0 Å². The van der Waals surface area contributed by atoms with E-state index in [1.807, 2.05) is 53.4 Å². The van der Waals surface area contributed by atoms with Gasteiger partial charge < -0.3 is 24.2 Å². The Balaban J connectivity index is 1.38. The summed E-state index contributed by atoms with van der Waals surface area (Å²) in [5.41, 5.74) is 1.50. The fourth-order valence-corrected chi connectivity index (χ4v) is 6.36. The molecule has 2 aliphatic rings. The molecule has 3 aromatic carbocycles. The number of para-hydroxylation sites is 4. The third-order valence-corrected chi connectivity index (χ3v) is 8.29. The fraction of sp³-hybridized carbons (Fsp3) is 0.321. The van der Waals surface area contributed by atoms with Crippen LogP contribution in [0.25, 0.3) is 0 Å². The smallest absolute Gasteiger partial charge is 0.459 e. The van der Waals surface area contributed by atoms with E-state index in [1.165, 1.54) is 19.1 Å². The van der Waals surface area contributed by atoms with Crippen LogP contribution in [0.15, 0.2) is 77.7 Å². The summed E-state index contributed by atoms with van der Waals surface area (Å²) in [6, 6.07) is 17.9. The number of alkyl halides is 2. The molecule has 1 heterocycles. The lowest BCUT2D eigenvalue weighted by molar-refractivity contribution is -0.216. The minimum absolute atomic E-state index is 0.275. The van der Waals surface area contributed by atoms with Crippen LogP contribution < -0.4 is 19.1 Å². The van der Waals surface area contributed by atoms with E-state index in [4.69, 9.17) is 4.74 Å². The summed E-state index contributed by atoms with van der Waals surface area (Å²) in [4.78, 5) is 13.1. The van der Waals surface area contributed by atoms with Gasteiger partial charge in [0.05, 0.1) is 41.1 Å². The minimum atomic E-state index is -4.30. The fourth-order valence-electron chi connectivity index (χ4n) is 5.03. The first-order valence-electron chi connectivity index (χ1n) is 12.8. The van der Waals surface area contributed by atoms with Crippen LogP contribution in [0, 0.1) is 0 Å². The molecule has 1 fully saturated rings. The second kappa shape index (κ2) is 11.0. The predicted molar refractivity (Wildman–Crippen MR) is 142 cm³/mol. The highest BCUT2D eigenvalue weighted by Gasteiger charge is 2.45. The van der Waals surface area contributed by atoms with Crippen LogP contribution >= 0.6 is 0 Å². The second-order valence-corrected chi connectivity index (χ2v) is 11.2. The molecule has 1 aliphatic heterocycles. The number of benzene rings is 3. The van der Waals surface area contributed by atoms with Gasteiger partial charge in [0.1, 0.15) is 5.75 Å². The number of nitrogens with zero attached hydrogens (tertiary/aromatic N) is 1. The number of carbonyl (C=O) groups excluding carboxylic acids is 1. The number of ether oxygens (including phenoxy) is 3. The van der Waals surface area contributed by atoms with Crippen LogP contribution in [0.2, 0.25) is 0 Å². The lowest BCUT2D eigenvalue weighted by Crippen LogP contribution is -2.56. The van der Waals surface area contributed by atoms with E-state index in [1.54, 1.807) is 0 Å². The Labute approximate surface area is 230 Å². The lowest BCUT2D eigenvalue weighted by Gasteiger charge is -2.44. The van der Waals surface area contributed by atoms with Crippen molar-refractivity contribution in [1.29, 1.82) is 0 Å². The van der Waals surface area contributed by atoms with Gasteiger partial charge in [0.2, 0.25) is 10.0 Å². The number of carbonyl (C=O) groups is 1. The largest absolute Gasteiger partial charge is 0.502 e. The number of hydrogen-bond donors (Lipinski definition) is 2. The summed E-state index contributed by atoms with van der Waals surface area (Å²) in [6.45, 7) is 1.09. The zero-order chi connectivity index (χ0) is 28.5. The average Bonchev–Trinajstić information content (AvgIpc) is 2.93. The normalized spacial score (nSPS) is 20.6. The van der Waals surface area contributed by atoms with Gasteiger partial charge in [-0.05, 0) is 62.6 Å². The van der Waals surface area contributed by atoms with Crippen LogP contribution in [0.5, 0.6) is 17.2 Å². The Morgan fingerprint density at radius 2 is 1.70 bits per heavy atom. The number of fused-ring (bicyclic) bond motifs is 2. The van der Waals surface area contributed by atoms with Crippen molar-refractivity contribution >= 4 is 27.4 Å². The minimum Gasteiger partial charge on any atom is -0.459 e. The number of anilines is 2. The highest BCUT2D eigenvalue weighted by atomic mass is 32.2. The van der Waals surface area contributed by atoms with Crippen molar-refractivity contribution in [2.24, 2.45) is 0 Å². The van der Waals surface area contributed by atoms with Gasteiger partial charge in [0.15, 0.2) is 11.5 Å². The van der Waals surface area contributed by atoms with Crippen molar-refractivity contribution in [3.63, 3.8) is 0 Å². The summed E-state index contributed by atoms with van der Waals surface area (Å²) < 4.78 is 72.1. The van der Waals surface area contributed by atoms with Crippen LogP contribution in [-0.2, 0) is 19.6 Å². The SMILES string of the molecule is CCOC(=O)C(F)(F)Oc1cccc(S(=O)(=O)N[C@@H]2CCC[C@H](N3c4ccccc4Oc4ccccc43)[C@H]2O)c1. The van der Waals surface area contributed by atoms with Gasteiger partial charge in [0, 0.05) is 6.07 Å². The van der Waals surface area contributed by atoms with Crippen molar-refractivity contribution in [2.45, 2.75) is 55.4 Å². The average molecular weight is 575 g/mol. The molecule has 0 radical (unpaired) electrons. The van der Waals surface area contributed by atoms with Crippen molar-refractivity contribution in [3.05, 3.63) is 72.8 Å². The van der Waals surface area contributed by atoms with E-state index >= 15 is 0 Å². The van der Waals surface area contributed by atoms with E-state index in [9.17, 15) is 27.1 Å². The van der Waals surface area contributed by atoms with E-state index in [-0.39, 0.29) is 11.5 Å². The molecule has 0 aromatic heterocycles. The molecule has 0 saturated heterocycles. The Kier molecular flexibility index (Phi) is 7.67. The van der Waals surface area contributed by atoms with Crippen molar-refractivity contribution in [1.82, 2.24) is 4.72 Å². The quantitative estimate of drug-likeness (QED) is 0.372. The van der Waals surface area contributed by atoms with E-state index in [0.29, 0.717) is 30.8 Å². The number of aliphatic hydroxyl groups excluding tert-OH is 1. The molecule has 40 heavy (non-hydrogen) atoms. The number of rotatable bonds is 8. The molecule has 2 N–H and O–H groups in total. The van der Waals surface area contributed by atoms with Gasteiger partial charge in [-0.3, -0.25) is 0 Å². The standard InChI is InChI=1S/C28H28F2N2O7S/c1-2-37-27(34)28(29,30)39-18-9-7-10-19(17-18)40(35,36)31-20-11-8-14-23(26(20)33)32-21-12-3-5-15-24(21)38-25-16-6-4-13-22(25)32/h3-7,9-10,12-13,15-17,20,23,26,31,33H,2,8,11,14H2,1H3/t20-,23+,26+/m1/s1. The lowest BCUT2D eigenvalue weighted by atomic mass is 9.86. The second-order valence-electron chi connectivity index (χ2n) is 9.44. The van der Waals surface area contributed by atoms with Crippen molar-refractivity contribution < 1.29 is 41.3 Å². The van der Waals surface area contributed by atoms with Crippen LogP contribution in [0.4, 0.5) is 20.2 Å². The van der Waals surface area contributed by atoms with Crippen molar-refractivity contribution in [2.75, 3.05) is 11.5 Å². The third-order valence-electron chi connectivity index (χ3n) is 6.80. The summed E-state index contributed by atoms with van der Waals surface area (Å²) >= 11 is 0. The zero-order valence-electron chi connectivity index (χ0n) is 21.5. The van der Waals surface area contributed by atoms with Gasteiger partial charge in [-0.1, -0.05) is 30.3 Å². The van der Waals surface area contributed by atoms with E-state index in [0.717, 1.165) is 23.5 Å². The van der Waals surface area contributed by atoms with Gasteiger partial charge >= 0.3 is 12.1 Å². The molecular weight excluding hydrogens is 546 g/mol. The maximum absolute atomic E-state index is 14.1. The first-order chi connectivity index (χ1) is 19.1. The molecular formula is C28H28F2N2O7S. The monoisotopic (exact) mass is 574 g/mol. The third kappa shape index (κ3) is 5.47. The van der Waals surface area contributed by atoms with Gasteiger partial charge in [-0.2, -0.15) is 8.78 Å². The van der Waals surface area contributed by atoms with E-state index in [2.05, 4.69) is 14.2 Å². The van der Waals surface area contributed by atoms with Gasteiger partial charge in [-0.15, -0.1) is 0 Å². The summed E-state index contributed by atoms with van der Waals surface area (Å²) in [6.07, 6.45) is -3.85. The molecule has 12 heteroatoms. The molecule has 1 aliphatic carbocycles. The molecule has 9 nitrogen and oxygen atoms in total. The maximum Gasteiger partial charge on any atom is 0.502 e. The Hall–Kier alpha value is -3.74. The molecule has 1 saturated carbocycles. The molecule has 3 aromatic rings. The summed E-state index contributed by atoms with van der Waals surface area (Å²) in [5.74, 6) is -1.19. The maximum atomic E-state index is 14.1.